The Morgan fingerprint density at radius 3 is 3.05 bits per heavy atom. The van der Waals surface area contributed by atoms with Crippen molar-refractivity contribution in [2.45, 2.75) is 16.9 Å². The van der Waals surface area contributed by atoms with Crippen molar-refractivity contribution in [3.63, 3.8) is 0 Å². The van der Waals surface area contributed by atoms with Crippen LogP contribution in [0.15, 0.2) is 29.2 Å². The molecule has 3 rings (SSSR count). The molecule has 19 heavy (non-hydrogen) atoms. The van der Waals surface area contributed by atoms with E-state index in [-0.39, 0.29) is 6.04 Å². The minimum atomic E-state index is -0.675. The Labute approximate surface area is 121 Å². The van der Waals surface area contributed by atoms with E-state index in [1.54, 1.807) is 11.8 Å². The number of hydrogen-bond acceptors (Lipinski definition) is 4. The second kappa shape index (κ2) is 5.77. The van der Waals surface area contributed by atoms with Gasteiger partial charge in [-0.15, -0.1) is 11.8 Å². The first-order chi connectivity index (χ1) is 9.25. The van der Waals surface area contributed by atoms with E-state index in [0.717, 1.165) is 30.3 Å². The minimum Gasteiger partial charge on any atom is -0.480 e. The number of carboxylic acids is 1. The summed E-state index contributed by atoms with van der Waals surface area (Å²) in [5.74, 6) is 2.65. The van der Waals surface area contributed by atoms with Gasteiger partial charge in [0.2, 0.25) is 0 Å². The van der Waals surface area contributed by atoms with E-state index in [9.17, 15) is 9.90 Å². The summed E-state index contributed by atoms with van der Waals surface area (Å²) in [6.07, 6.45) is 0. The maximum atomic E-state index is 11.3. The van der Waals surface area contributed by atoms with Crippen LogP contribution in [0.1, 0.15) is 11.5 Å². The lowest BCUT2D eigenvalue weighted by Gasteiger charge is -2.34. The van der Waals surface area contributed by atoms with Crippen LogP contribution in [0, 0.1) is 0 Å². The number of carboxylic acid groups (broad SMARTS) is 1. The van der Waals surface area contributed by atoms with Crippen molar-refractivity contribution in [2.24, 2.45) is 0 Å². The first-order valence-corrected chi connectivity index (χ1v) is 8.66. The zero-order valence-corrected chi connectivity index (χ0v) is 12.3. The zero-order chi connectivity index (χ0) is 13.2. The molecule has 1 aromatic rings. The van der Waals surface area contributed by atoms with Gasteiger partial charge in [0.25, 0.3) is 0 Å². The molecule has 0 amide bonds. The van der Waals surface area contributed by atoms with Gasteiger partial charge in [0.05, 0.1) is 0 Å². The van der Waals surface area contributed by atoms with Crippen LogP contribution in [-0.2, 0) is 4.79 Å². The molecule has 2 atom stereocenters. The van der Waals surface area contributed by atoms with Crippen molar-refractivity contribution >= 4 is 29.5 Å². The van der Waals surface area contributed by atoms with E-state index in [0.29, 0.717) is 5.92 Å². The van der Waals surface area contributed by atoms with Crippen molar-refractivity contribution < 1.29 is 9.90 Å². The highest BCUT2D eigenvalue weighted by atomic mass is 32.2. The molecule has 0 aliphatic carbocycles. The molecule has 1 N–H and O–H groups in total. The Hall–Kier alpha value is -0.650. The number of thioether (sulfide) groups is 2. The summed E-state index contributed by atoms with van der Waals surface area (Å²) in [5, 5.41) is 9.32. The summed E-state index contributed by atoms with van der Waals surface area (Å²) in [6.45, 7) is 1.77. The summed E-state index contributed by atoms with van der Waals surface area (Å²) in [5.41, 5.74) is 1.40. The lowest BCUT2D eigenvalue weighted by atomic mass is 10.00. The molecule has 1 aromatic carbocycles. The van der Waals surface area contributed by atoms with E-state index < -0.39 is 5.97 Å². The number of carbonyl (C=O) groups is 1. The first-order valence-electron chi connectivity index (χ1n) is 6.52. The molecule has 5 heteroatoms. The van der Waals surface area contributed by atoms with Crippen molar-refractivity contribution in [3.8, 4) is 0 Å². The summed E-state index contributed by atoms with van der Waals surface area (Å²) >= 11 is 3.65. The molecule has 102 valence electrons. The summed E-state index contributed by atoms with van der Waals surface area (Å²) in [4.78, 5) is 14.8. The van der Waals surface area contributed by atoms with Gasteiger partial charge in [-0.1, -0.05) is 18.2 Å². The Kier molecular flexibility index (Phi) is 4.05. The monoisotopic (exact) mass is 295 g/mol. The average Bonchev–Trinajstić information content (AvgIpc) is 2.83. The lowest BCUT2D eigenvalue weighted by molar-refractivity contribution is -0.142. The summed E-state index contributed by atoms with van der Waals surface area (Å²) in [6, 6.07) is 8.20. The van der Waals surface area contributed by atoms with Crippen LogP contribution < -0.4 is 0 Å². The maximum absolute atomic E-state index is 11.3. The molecule has 1 fully saturated rings. The standard InChI is InChI=1S/C14H17NO2S2/c16-14(17)12-9-18-6-5-15(12)7-10-8-19-13-4-2-1-3-11(10)13/h1-4,10,12H,5-9H2,(H,16,17). The van der Waals surface area contributed by atoms with Crippen LogP contribution in [0.3, 0.4) is 0 Å². The maximum Gasteiger partial charge on any atom is 0.321 e. The molecule has 1 saturated heterocycles. The SMILES string of the molecule is O=C(O)C1CSCCN1CC1CSc2ccccc21. The van der Waals surface area contributed by atoms with Crippen LogP contribution in [-0.4, -0.2) is 52.4 Å². The van der Waals surface area contributed by atoms with Gasteiger partial charge in [0.15, 0.2) is 0 Å². The fraction of sp³-hybridized carbons (Fsp3) is 0.500. The van der Waals surface area contributed by atoms with Crippen molar-refractivity contribution in [3.05, 3.63) is 29.8 Å². The van der Waals surface area contributed by atoms with Crippen molar-refractivity contribution in [1.29, 1.82) is 0 Å². The fourth-order valence-electron chi connectivity index (χ4n) is 2.75. The predicted octanol–water partition coefficient (Wildman–Crippen LogP) is 2.38. The van der Waals surface area contributed by atoms with Gasteiger partial charge in [-0.05, 0) is 11.6 Å². The van der Waals surface area contributed by atoms with Gasteiger partial charge >= 0.3 is 5.97 Å². The van der Waals surface area contributed by atoms with E-state index >= 15 is 0 Å². The van der Waals surface area contributed by atoms with Gasteiger partial charge in [0, 0.05) is 41.2 Å². The molecule has 2 unspecified atom stereocenters. The van der Waals surface area contributed by atoms with Crippen LogP contribution in [0.2, 0.25) is 0 Å². The van der Waals surface area contributed by atoms with Gasteiger partial charge in [-0.2, -0.15) is 11.8 Å². The number of fused-ring (bicyclic) bond motifs is 1. The van der Waals surface area contributed by atoms with Crippen molar-refractivity contribution in [2.75, 3.05) is 30.3 Å². The highest BCUT2D eigenvalue weighted by molar-refractivity contribution is 7.99. The van der Waals surface area contributed by atoms with Gasteiger partial charge in [-0.25, -0.2) is 0 Å². The Bertz CT molecular complexity index is 480. The average molecular weight is 295 g/mol. The molecule has 0 spiro atoms. The number of aliphatic carboxylic acids is 1. The highest BCUT2D eigenvalue weighted by Crippen LogP contribution is 2.40. The van der Waals surface area contributed by atoms with Gasteiger partial charge in [0.1, 0.15) is 6.04 Å². The smallest absolute Gasteiger partial charge is 0.321 e. The molecule has 0 aromatic heterocycles. The minimum absolute atomic E-state index is 0.309. The Balaban J connectivity index is 1.73. The van der Waals surface area contributed by atoms with Crippen LogP contribution in [0.4, 0.5) is 0 Å². The van der Waals surface area contributed by atoms with E-state index in [4.69, 9.17) is 0 Å². The third kappa shape index (κ3) is 2.78. The molecular weight excluding hydrogens is 278 g/mol. The molecular formula is C14H17NO2S2. The topological polar surface area (TPSA) is 40.5 Å². The Morgan fingerprint density at radius 1 is 1.37 bits per heavy atom. The molecule has 2 aliphatic heterocycles. The highest BCUT2D eigenvalue weighted by Gasteiger charge is 2.32. The normalized spacial score (nSPS) is 27.2. The quantitative estimate of drug-likeness (QED) is 0.927. The number of rotatable bonds is 3. The number of benzene rings is 1. The van der Waals surface area contributed by atoms with E-state index in [1.165, 1.54) is 10.5 Å². The van der Waals surface area contributed by atoms with Crippen LogP contribution >= 0.6 is 23.5 Å². The molecule has 3 nitrogen and oxygen atoms in total. The third-order valence-electron chi connectivity index (χ3n) is 3.78. The second-order valence-electron chi connectivity index (χ2n) is 4.97. The van der Waals surface area contributed by atoms with E-state index in [1.807, 2.05) is 11.8 Å². The lowest BCUT2D eigenvalue weighted by Crippen LogP contribution is -2.48. The first kappa shape index (κ1) is 13.3. The van der Waals surface area contributed by atoms with E-state index in [2.05, 4.69) is 29.2 Å². The third-order valence-corrected chi connectivity index (χ3v) is 6.05. The summed E-state index contributed by atoms with van der Waals surface area (Å²) < 4.78 is 0. The number of nitrogens with zero attached hydrogens (tertiary/aromatic N) is 1. The fourth-order valence-corrected chi connectivity index (χ4v) is 5.10. The zero-order valence-electron chi connectivity index (χ0n) is 10.6. The van der Waals surface area contributed by atoms with Crippen molar-refractivity contribution in [1.82, 2.24) is 4.90 Å². The second-order valence-corrected chi connectivity index (χ2v) is 7.18. The van der Waals surface area contributed by atoms with Gasteiger partial charge < -0.3 is 5.11 Å². The molecule has 2 aliphatic rings. The Morgan fingerprint density at radius 2 is 2.21 bits per heavy atom. The molecule has 0 bridgehead atoms. The van der Waals surface area contributed by atoms with Gasteiger partial charge in [-0.3, -0.25) is 9.69 Å². The largest absolute Gasteiger partial charge is 0.480 e. The van der Waals surface area contributed by atoms with Crippen LogP contribution in [0.5, 0.6) is 0 Å². The number of hydrogen-bond donors (Lipinski definition) is 1. The summed E-state index contributed by atoms with van der Waals surface area (Å²) in [7, 11) is 0. The molecule has 2 heterocycles. The molecule has 0 radical (unpaired) electrons. The predicted molar refractivity (Wildman–Crippen MR) is 80.2 cm³/mol. The molecule has 0 saturated carbocycles. The van der Waals surface area contributed by atoms with Crippen LogP contribution in [0.25, 0.3) is 0 Å².